The van der Waals surface area contributed by atoms with E-state index in [4.69, 9.17) is 9.90 Å². The molecule has 1 unspecified atom stereocenters. The molecule has 3 aromatic rings. The SMILES string of the molecule is CC(=O)O.CN(Cc1cc2cc(F)ccc2[nH]1)C(=O)Cc1ccc(CC2CCNC2)cc1. The van der Waals surface area contributed by atoms with E-state index in [1.165, 1.54) is 24.1 Å². The van der Waals surface area contributed by atoms with E-state index in [0.29, 0.717) is 13.0 Å². The lowest BCUT2D eigenvalue weighted by Crippen LogP contribution is -2.27. The lowest BCUT2D eigenvalue weighted by atomic mass is 9.97. The maximum Gasteiger partial charge on any atom is 0.300 e. The van der Waals surface area contributed by atoms with E-state index in [2.05, 4.69) is 34.6 Å². The minimum Gasteiger partial charge on any atom is -0.481 e. The molecule has 0 radical (unpaired) electrons. The van der Waals surface area contributed by atoms with Gasteiger partial charge in [-0.2, -0.15) is 0 Å². The highest BCUT2D eigenvalue weighted by Crippen LogP contribution is 2.19. The van der Waals surface area contributed by atoms with Gasteiger partial charge >= 0.3 is 0 Å². The molecule has 0 aliphatic carbocycles. The maximum absolute atomic E-state index is 13.3. The van der Waals surface area contributed by atoms with Gasteiger partial charge in [-0.25, -0.2) is 4.39 Å². The number of halogens is 1. The van der Waals surface area contributed by atoms with E-state index in [1.807, 2.05) is 6.07 Å². The number of carboxylic acids is 1. The molecule has 0 bridgehead atoms. The molecule has 1 amide bonds. The van der Waals surface area contributed by atoms with Crippen LogP contribution in [0.5, 0.6) is 0 Å². The van der Waals surface area contributed by atoms with Crippen LogP contribution in [0.4, 0.5) is 4.39 Å². The predicted octanol–water partition coefficient (Wildman–Crippen LogP) is 3.75. The van der Waals surface area contributed by atoms with Crippen molar-refractivity contribution in [3.05, 3.63) is 71.2 Å². The van der Waals surface area contributed by atoms with Gasteiger partial charge in [0, 0.05) is 30.6 Å². The molecule has 4 rings (SSSR count). The Morgan fingerprint density at radius 3 is 2.47 bits per heavy atom. The van der Waals surface area contributed by atoms with Gasteiger partial charge in [0.15, 0.2) is 0 Å². The van der Waals surface area contributed by atoms with Crippen LogP contribution in [0.25, 0.3) is 10.9 Å². The number of nitrogens with one attached hydrogen (secondary N) is 2. The number of amides is 1. The van der Waals surface area contributed by atoms with Gasteiger partial charge in [-0.3, -0.25) is 9.59 Å². The second-order valence-corrected chi connectivity index (χ2v) is 8.35. The first-order chi connectivity index (χ1) is 15.3. The number of hydrogen-bond donors (Lipinski definition) is 3. The van der Waals surface area contributed by atoms with Crippen LogP contribution in [0, 0.1) is 11.7 Å². The molecule has 3 N–H and O–H groups in total. The Labute approximate surface area is 187 Å². The monoisotopic (exact) mass is 439 g/mol. The molecule has 0 saturated carbocycles. The molecule has 170 valence electrons. The van der Waals surface area contributed by atoms with Crippen molar-refractivity contribution in [3.8, 4) is 0 Å². The number of carboxylic acid groups (broad SMARTS) is 1. The van der Waals surface area contributed by atoms with Crippen LogP contribution in [0.3, 0.4) is 0 Å². The van der Waals surface area contributed by atoms with Crippen molar-refractivity contribution in [2.75, 3.05) is 20.1 Å². The highest BCUT2D eigenvalue weighted by Gasteiger charge is 2.15. The van der Waals surface area contributed by atoms with Crippen molar-refractivity contribution in [2.24, 2.45) is 5.92 Å². The van der Waals surface area contributed by atoms with Gasteiger partial charge in [0.2, 0.25) is 5.91 Å². The molecule has 7 heteroatoms. The zero-order valence-electron chi connectivity index (χ0n) is 18.5. The molecule has 1 aliphatic rings. The first-order valence-corrected chi connectivity index (χ1v) is 10.8. The van der Waals surface area contributed by atoms with E-state index < -0.39 is 5.97 Å². The number of nitrogens with zero attached hydrogens (tertiary/aromatic N) is 1. The lowest BCUT2D eigenvalue weighted by Gasteiger charge is -2.16. The van der Waals surface area contributed by atoms with Crippen molar-refractivity contribution in [2.45, 2.75) is 32.7 Å². The van der Waals surface area contributed by atoms with Gasteiger partial charge in [0.05, 0.1) is 13.0 Å². The van der Waals surface area contributed by atoms with Gasteiger partial charge in [0.1, 0.15) is 5.82 Å². The predicted molar refractivity (Wildman–Crippen MR) is 123 cm³/mol. The number of benzene rings is 2. The van der Waals surface area contributed by atoms with E-state index in [9.17, 15) is 9.18 Å². The summed E-state index contributed by atoms with van der Waals surface area (Å²) in [5, 5.41) is 11.6. The maximum atomic E-state index is 13.3. The summed E-state index contributed by atoms with van der Waals surface area (Å²) in [5.74, 6) is -0.295. The third-order valence-corrected chi connectivity index (χ3v) is 5.54. The van der Waals surface area contributed by atoms with Crippen LogP contribution < -0.4 is 5.32 Å². The normalized spacial score (nSPS) is 15.3. The summed E-state index contributed by atoms with van der Waals surface area (Å²) in [7, 11) is 1.80. The zero-order valence-corrected chi connectivity index (χ0v) is 18.5. The Morgan fingerprint density at radius 1 is 1.12 bits per heavy atom. The summed E-state index contributed by atoms with van der Waals surface area (Å²) in [4.78, 5) is 26.5. The summed E-state index contributed by atoms with van der Waals surface area (Å²) in [5.41, 5.74) is 4.15. The molecule has 1 saturated heterocycles. The zero-order chi connectivity index (χ0) is 23.1. The number of aromatic amines is 1. The smallest absolute Gasteiger partial charge is 0.300 e. The second-order valence-electron chi connectivity index (χ2n) is 8.35. The van der Waals surface area contributed by atoms with Crippen LogP contribution in [-0.2, 0) is 29.0 Å². The number of carbonyl (C=O) groups is 2. The fourth-order valence-electron chi connectivity index (χ4n) is 3.92. The molecule has 6 nitrogen and oxygen atoms in total. The molecule has 2 heterocycles. The van der Waals surface area contributed by atoms with Crippen LogP contribution in [-0.4, -0.2) is 47.0 Å². The third-order valence-electron chi connectivity index (χ3n) is 5.54. The molecule has 2 aromatic carbocycles. The van der Waals surface area contributed by atoms with Gasteiger partial charge in [0.25, 0.3) is 5.97 Å². The minimum atomic E-state index is -0.833. The quantitative estimate of drug-likeness (QED) is 0.546. The lowest BCUT2D eigenvalue weighted by molar-refractivity contribution is -0.134. The number of fused-ring (bicyclic) bond motifs is 1. The number of H-pyrrole nitrogens is 1. The van der Waals surface area contributed by atoms with E-state index >= 15 is 0 Å². The average molecular weight is 440 g/mol. The molecule has 32 heavy (non-hydrogen) atoms. The van der Waals surface area contributed by atoms with E-state index in [1.54, 1.807) is 18.0 Å². The van der Waals surface area contributed by atoms with Crippen molar-refractivity contribution in [1.29, 1.82) is 0 Å². The standard InChI is InChI=1S/C23H26FN3O.C2H4O2/c1-27(15-21-13-19-12-20(24)6-7-22(19)26-21)23(28)11-17-4-2-16(3-5-17)10-18-8-9-25-14-18;1-2(3)4/h2-7,12-13,18,25-26H,8-11,14-15H2,1H3;1H3,(H,3,4). The van der Waals surface area contributed by atoms with Crippen molar-refractivity contribution < 1.29 is 19.1 Å². The van der Waals surface area contributed by atoms with Gasteiger partial charge in [-0.1, -0.05) is 24.3 Å². The Balaban J connectivity index is 0.000000668. The Morgan fingerprint density at radius 2 is 1.81 bits per heavy atom. The average Bonchev–Trinajstić information content (AvgIpc) is 3.38. The summed E-state index contributed by atoms with van der Waals surface area (Å²) in [6, 6.07) is 15.0. The highest BCUT2D eigenvalue weighted by molar-refractivity contribution is 5.81. The van der Waals surface area contributed by atoms with Crippen molar-refractivity contribution in [3.63, 3.8) is 0 Å². The summed E-state index contributed by atoms with van der Waals surface area (Å²) >= 11 is 0. The van der Waals surface area contributed by atoms with Gasteiger partial charge in [-0.05, 0) is 67.2 Å². The van der Waals surface area contributed by atoms with Crippen LogP contribution in [0.15, 0.2) is 48.5 Å². The number of carbonyl (C=O) groups excluding carboxylic acids is 1. The largest absolute Gasteiger partial charge is 0.481 e. The summed E-state index contributed by atoms with van der Waals surface area (Å²) in [6.45, 7) is 3.78. The second kappa shape index (κ2) is 10.9. The van der Waals surface area contributed by atoms with Crippen LogP contribution in [0.2, 0.25) is 0 Å². The minimum absolute atomic E-state index is 0.0672. The van der Waals surface area contributed by atoms with Gasteiger partial charge < -0.3 is 20.3 Å². The van der Waals surface area contributed by atoms with E-state index in [-0.39, 0.29) is 11.7 Å². The molecule has 1 atom stereocenters. The fraction of sp³-hybridized carbons (Fsp3) is 0.360. The highest BCUT2D eigenvalue weighted by atomic mass is 19.1. The summed E-state index contributed by atoms with van der Waals surface area (Å²) in [6.07, 6.45) is 2.73. The van der Waals surface area contributed by atoms with Crippen molar-refractivity contribution >= 4 is 22.8 Å². The first kappa shape index (κ1) is 23.5. The summed E-state index contributed by atoms with van der Waals surface area (Å²) < 4.78 is 13.3. The molecular formula is C25H30FN3O3. The molecule has 1 aromatic heterocycles. The molecule has 1 fully saturated rings. The van der Waals surface area contributed by atoms with Crippen LogP contribution in [0.1, 0.15) is 30.2 Å². The Bertz CT molecular complexity index is 1050. The number of rotatable bonds is 6. The number of hydrogen-bond acceptors (Lipinski definition) is 3. The number of likely N-dealkylation sites (N-methyl/N-ethyl adjacent to an activating group) is 1. The first-order valence-electron chi connectivity index (χ1n) is 10.8. The Kier molecular flexibility index (Phi) is 8.00. The molecule has 1 aliphatic heterocycles. The molecule has 0 spiro atoms. The van der Waals surface area contributed by atoms with Crippen LogP contribution >= 0.6 is 0 Å². The topological polar surface area (TPSA) is 85.4 Å². The van der Waals surface area contributed by atoms with Gasteiger partial charge in [-0.15, -0.1) is 0 Å². The number of aromatic nitrogens is 1. The fourth-order valence-corrected chi connectivity index (χ4v) is 3.92. The van der Waals surface area contributed by atoms with Crippen molar-refractivity contribution in [1.82, 2.24) is 15.2 Å². The van der Waals surface area contributed by atoms with E-state index in [0.717, 1.165) is 54.5 Å². The number of aliphatic carboxylic acids is 1. The molecular weight excluding hydrogens is 409 g/mol. The third kappa shape index (κ3) is 6.92. The Hall–Kier alpha value is -3.19.